The number of H-pyrrole nitrogens is 1. The summed E-state index contributed by atoms with van der Waals surface area (Å²) in [7, 11) is 0. The molecule has 1 amide bonds. The molecule has 1 aliphatic rings. The molecular formula is C28H32N4O2. The Hall–Kier alpha value is -3.22. The van der Waals surface area contributed by atoms with E-state index in [0.717, 1.165) is 42.6 Å². The van der Waals surface area contributed by atoms with Crippen molar-refractivity contribution in [3.05, 3.63) is 77.2 Å². The van der Waals surface area contributed by atoms with Crippen LogP contribution in [0.5, 0.6) is 0 Å². The molecule has 2 N–H and O–H groups in total. The van der Waals surface area contributed by atoms with Crippen LogP contribution in [0.4, 0.5) is 0 Å². The normalized spacial score (nSPS) is 17.2. The van der Waals surface area contributed by atoms with Crippen molar-refractivity contribution in [1.82, 2.24) is 20.2 Å². The van der Waals surface area contributed by atoms with Gasteiger partial charge >= 0.3 is 0 Å². The first-order valence-electron chi connectivity index (χ1n) is 12.0. The molecule has 1 fully saturated rings. The average molecular weight is 457 g/mol. The van der Waals surface area contributed by atoms with Crippen LogP contribution in [0.15, 0.2) is 54.9 Å². The van der Waals surface area contributed by atoms with Crippen LogP contribution in [0.25, 0.3) is 21.7 Å². The van der Waals surface area contributed by atoms with Gasteiger partial charge in [0.05, 0.1) is 19.8 Å². The Morgan fingerprint density at radius 2 is 2.03 bits per heavy atom. The molecule has 0 saturated carbocycles. The largest absolute Gasteiger partial charge is 0.380 e. The topological polar surface area (TPSA) is 70.2 Å². The van der Waals surface area contributed by atoms with Crippen LogP contribution >= 0.6 is 0 Å². The van der Waals surface area contributed by atoms with Crippen molar-refractivity contribution < 1.29 is 9.53 Å². The number of nitrogens with zero attached hydrogens (tertiary/aromatic N) is 2. The molecule has 1 aliphatic heterocycles. The van der Waals surface area contributed by atoms with E-state index in [4.69, 9.17) is 4.74 Å². The number of hydrogen-bond donors (Lipinski definition) is 2. The monoisotopic (exact) mass is 456 g/mol. The number of fused-ring (bicyclic) bond motifs is 2. The van der Waals surface area contributed by atoms with E-state index < -0.39 is 0 Å². The summed E-state index contributed by atoms with van der Waals surface area (Å²) in [5, 5.41) is 6.69. The molecule has 3 heterocycles. The summed E-state index contributed by atoms with van der Waals surface area (Å²) >= 11 is 0. The maximum atomic E-state index is 12.7. The Morgan fingerprint density at radius 1 is 1.15 bits per heavy atom. The molecule has 6 heteroatoms. The zero-order chi connectivity index (χ0) is 23.5. The number of carbonyl (C=O) groups is 1. The number of benzene rings is 2. The Labute approximate surface area is 200 Å². The zero-order valence-electron chi connectivity index (χ0n) is 19.9. The minimum absolute atomic E-state index is 0.0551. The summed E-state index contributed by atoms with van der Waals surface area (Å²) < 4.78 is 5.87. The first kappa shape index (κ1) is 22.6. The predicted molar refractivity (Wildman–Crippen MR) is 136 cm³/mol. The van der Waals surface area contributed by atoms with Crippen molar-refractivity contribution in [1.29, 1.82) is 0 Å². The van der Waals surface area contributed by atoms with Crippen LogP contribution in [0, 0.1) is 19.8 Å². The molecule has 2 aromatic heterocycles. The van der Waals surface area contributed by atoms with Gasteiger partial charge in [0.2, 0.25) is 5.91 Å². The maximum absolute atomic E-state index is 12.7. The number of hydrogen-bond acceptors (Lipinski definition) is 4. The highest BCUT2D eigenvalue weighted by molar-refractivity contribution is 5.85. The van der Waals surface area contributed by atoms with Crippen LogP contribution in [0.3, 0.4) is 0 Å². The van der Waals surface area contributed by atoms with Crippen molar-refractivity contribution >= 4 is 27.6 Å². The molecule has 1 atom stereocenters. The Kier molecular flexibility index (Phi) is 6.61. The van der Waals surface area contributed by atoms with E-state index in [0.29, 0.717) is 25.6 Å². The molecule has 1 saturated heterocycles. The first-order chi connectivity index (χ1) is 16.5. The number of ether oxygens (including phenoxy) is 1. The minimum atomic E-state index is 0.0551. The second-order valence-corrected chi connectivity index (χ2v) is 9.47. The SMILES string of the molecule is Cc1[nH]c2ccc(CNC(=O)CN3CCOCC(Cc4ccc5ccncc5c4)C3)cc2c1C. The molecule has 0 spiro atoms. The third-order valence-electron chi connectivity index (χ3n) is 6.88. The number of nitrogens with one attached hydrogen (secondary N) is 2. The van der Waals surface area contributed by atoms with Crippen molar-refractivity contribution in [2.45, 2.75) is 26.8 Å². The second-order valence-electron chi connectivity index (χ2n) is 9.47. The Bertz CT molecular complexity index is 1310. The highest BCUT2D eigenvalue weighted by Gasteiger charge is 2.21. The number of pyridine rings is 1. The van der Waals surface area contributed by atoms with Crippen molar-refractivity contribution in [2.24, 2.45) is 5.92 Å². The zero-order valence-corrected chi connectivity index (χ0v) is 19.9. The number of aromatic amines is 1. The molecule has 5 rings (SSSR count). The van der Waals surface area contributed by atoms with Gasteiger partial charge in [0.1, 0.15) is 0 Å². The standard InChI is InChI=1S/C28H32N4O2/c1-19-20(2)31-27-6-4-22(13-26(19)27)14-30-28(33)17-32-9-10-34-18-23(16-32)11-21-3-5-24-7-8-29-15-25(24)12-21/h3-8,12-13,15,23,31H,9-11,14,16-18H2,1-2H3,(H,30,33). The average Bonchev–Trinajstić information content (AvgIpc) is 2.98. The van der Waals surface area contributed by atoms with Gasteiger partial charge in [-0.15, -0.1) is 0 Å². The molecule has 4 aromatic rings. The summed E-state index contributed by atoms with van der Waals surface area (Å²) in [5.41, 5.74) is 6.00. The van der Waals surface area contributed by atoms with Gasteiger partial charge in [-0.25, -0.2) is 0 Å². The fourth-order valence-electron chi connectivity index (χ4n) is 4.89. The lowest BCUT2D eigenvalue weighted by Crippen LogP contribution is -2.40. The van der Waals surface area contributed by atoms with E-state index in [-0.39, 0.29) is 5.91 Å². The van der Waals surface area contributed by atoms with E-state index in [1.165, 1.54) is 27.6 Å². The van der Waals surface area contributed by atoms with Gasteiger partial charge in [-0.2, -0.15) is 0 Å². The van der Waals surface area contributed by atoms with Crippen molar-refractivity contribution in [3.63, 3.8) is 0 Å². The molecule has 0 bridgehead atoms. The number of aryl methyl sites for hydroxylation is 2. The third-order valence-corrected chi connectivity index (χ3v) is 6.88. The van der Waals surface area contributed by atoms with Gasteiger partial charge in [-0.3, -0.25) is 14.7 Å². The highest BCUT2D eigenvalue weighted by Crippen LogP contribution is 2.22. The highest BCUT2D eigenvalue weighted by atomic mass is 16.5. The van der Waals surface area contributed by atoms with Gasteiger partial charge < -0.3 is 15.0 Å². The number of rotatable bonds is 6. The van der Waals surface area contributed by atoms with Gasteiger partial charge in [0.25, 0.3) is 0 Å². The summed E-state index contributed by atoms with van der Waals surface area (Å²) in [4.78, 5) is 22.6. The number of aromatic nitrogens is 2. The molecule has 0 aliphatic carbocycles. The van der Waals surface area contributed by atoms with E-state index in [1.807, 2.05) is 18.5 Å². The molecule has 0 radical (unpaired) electrons. The van der Waals surface area contributed by atoms with Crippen molar-refractivity contribution in [2.75, 3.05) is 32.8 Å². The lowest BCUT2D eigenvalue weighted by Gasteiger charge is -2.23. The van der Waals surface area contributed by atoms with E-state index >= 15 is 0 Å². The van der Waals surface area contributed by atoms with Crippen LogP contribution in [-0.2, 0) is 22.5 Å². The van der Waals surface area contributed by atoms with Gasteiger partial charge in [-0.1, -0.05) is 18.2 Å². The number of carbonyl (C=O) groups excluding carboxylic acids is 1. The smallest absolute Gasteiger partial charge is 0.234 e. The molecule has 1 unspecified atom stereocenters. The number of amides is 1. The lowest BCUT2D eigenvalue weighted by molar-refractivity contribution is -0.122. The molecule has 6 nitrogen and oxygen atoms in total. The van der Waals surface area contributed by atoms with Gasteiger partial charge in [-0.05, 0) is 72.5 Å². The van der Waals surface area contributed by atoms with Crippen LogP contribution in [-0.4, -0.2) is 53.6 Å². The molecule has 176 valence electrons. The summed E-state index contributed by atoms with van der Waals surface area (Å²) in [6, 6.07) is 14.9. The van der Waals surface area contributed by atoms with Gasteiger partial charge in [0.15, 0.2) is 0 Å². The summed E-state index contributed by atoms with van der Waals surface area (Å²) in [5.74, 6) is 0.408. The third kappa shape index (κ3) is 5.13. The van der Waals surface area contributed by atoms with Gasteiger partial charge in [0, 0.05) is 54.0 Å². The molecular weight excluding hydrogens is 424 g/mol. The Balaban J connectivity index is 1.17. The predicted octanol–water partition coefficient (Wildman–Crippen LogP) is 4.14. The quantitative estimate of drug-likeness (QED) is 0.458. The van der Waals surface area contributed by atoms with E-state index in [9.17, 15) is 4.79 Å². The molecule has 2 aromatic carbocycles. The van der Waals surface area contributed by atoms with E-state index in [2.05, 4.69) is 70.4 Å². The van der Waals surface area contributed by atoms with Crippen LogP contribution in [0.1, 0.15) is 22.4 Å². The van der Waals surface area contributed by atoms with Crippen LogP contribution in [0.2, 0.25) is 0 Å². The molecule has 34 heavy (non-hydrogen) atoms. The summed E-state index contributed by atoms with van der Waals surface area (Å²) in [6.45, 7) is 8.16. The lowest BCUT2D eigenvalue weighted by atomic mass is 9.98. The minimum Gasteiger partial charge on any atom is -0.380 e. The Morgan fingerprint density at radius 3 is 2.94 bits per heavy atom. The fourth-order valence-corrected chi connectivity index (χ4v) is 4.89. The second kappa shape index (κ2) is 9.95. The van der Waals surface area contributed by atoms with Crippen molar-refractivity contribution in [3.8, 4) is 0 Å². The fraction of sp³-hybridized carbons (Fsp3) is 0.357. The van der Waals surface area contributed by atoms with E-state index in [1.54, 1.807) is 0 Å². The van der Waals surface area contributed by atoms with Crippen LogP contribution < -0.4 is 5.32 Å². The summed E-state index contributed by atoms with van der Waals surface area (Å²) in [6.07, 6.45) is 4.67. The maximum Gasteiger partial charge on any atom is 0.234 e. The first-order valence-corrected chi connectivity index (χ1v) is 12.0.